The summed E-state index contributed by atoms with van der Waals surface area (Å²) >= 11 is 0. The lowest BCUT2D eigenvalue weighted by atomic mass is 9.98. The van der Waals surface area contributed by atoms with E-state index < -0.39 is 5.97 Å². The van der Waals surface area contributed by atoms with Crippen molar-refractivity contribution < 1.29 is 19.4 Å². The predicted octanol–water partition coefficient (Wildman–Crippen LogP) is 1.50. The summed E-state index contributed by atoms with van der Waals surface area (Å²) in [6.45, 7) is 1.82. The molecule has 1 aliphatic rings. The van der Waals surface area contributed by atoms with Crippen molar-refractivity contribution in [3.8, 4) is 11.5 Å². The minimum absolute atomic E-state index is 0.0822. The minimum Gasteiger partial charge on any atom is -0.507 e. The topological polar surface area (TPSA) is 55.8 Å². The fraction of sp³-hybridized carbons (Fsp3) is 0.364. The van der Waals surface area contributed by atoms with E-state index in [4.69, 9.17) is 9.47 Å². The lowest BCUT2D eigenvalue weighted by Gasteiger charge is -2.22. The van der Waals surface area contributed by atoms with E-state index in [0.29, 0.717) is 12.2 Å². The Bertz CT molecular complexity index is 411. The van der Waals surface area contributed by atoms with Crippen LogP contribution < -0.4 is 4.74 Å². The van der Waals surface area contributed by atoms with E-state index in [-0.39, 0.29) is 17.4 Å². The molecule has 2 rings (SSSR count). The van der Waals surface area contributed by atoms with Gasteiger partial charge in [-0.3, -0.25) is 0 Å². The number of hydrogen-bond donors (Lipinski definition) is 1. The number of methoxy groups -OCH3 is 1. The molecule has 1 heterocycles. The molecule has 4 nitrogen and oxygen atoms in total. The Morgan fingerprint density at radius 1 is 1.53 bits per heavy atom. The van der Waals surface area contributed by atoms with Crippen molar-refractivity contribution in [2.75, 3.05) is 7.11 Å². The first-order valence-corrected chi connectivity index (χ1v) is 4.72. The van der Waals surface area contributed by atoms with Gasteiger partial charge in [-0.1, -0.05) is 0 Å². The zero-order valence-electron chi connectivity index (χ0n) is 8.61. The van der Waals surface area contributed by atoms with Gasteiger partial charge in [0.25, 0.3) is 0 Å². The monoisotopic (exact) mass is 208 g/mol. The number of phenols is 1. The number of esters is 1. The van der Waals surface area contributed by atoms with Gasteiger partial charge in [0.15, 0.2) is 0 Å². The van der Waals surface area contributed by atoms with Crippen LogP contribution in [-0.4, -0.2) is 24.3 Å². The summed E-state index contributed by atoms with van der Waals surface area (Å²) in [5.41, 5.74) is 1.03. The summed E-state index contributed by atoms with van der Waals surface area (Å²) in [7, 11) is 1.52. The van der Waals surface area contributed by atoms with Crippen LogP contribution in [0.1, 0.15) is 22.8 Å². The zero-order chi connectivity index (χ0) is 11.0. The van der Waals surface area contributed by atoms with Crippen molar-refractivity contribution in [2.45, 2.75) is 19.4 Å². The van der Waals surface area contributed by atoms with Crippen LogP contribution in [0.5, 0.6) is 11.5 Å². The number of phenolic OH excluding ortho intramolecular Hbond substituents is 1. The molecule has 1 atom stereocenters. The first kappa shape index (κ1) is 9.83. The summed E-state index contributed by atoms with van der Waals surface area (Å²) in [6, 6.07) is 3.17. The van der Waals surface area contributed by atoms with Gasteiger partial charge in [-0.25, -0.2) is 4.79 Å². The molecule has 0 unspecified atom stereocenters. The molecule has 0 fully saturated rings. The Labute approximate surface area is 87.4 Å². The van der Waals surface area contributed by atoms with Crippen molar-refractivity contribution in [1.82, 2.24) is 0 Å². The van der Waals surface area contributed by atoms with Gasteiger partial charge in [0.05, 0.1) is 7.11 Å². The van der Waals surface area contributed by atoms with Gasteiger partial charge < -0.3 is 14.6 Å². The van der Waals surface area contributed by atoms with Crippen molar-refractivity contribution in [3.63, 3.8) is 0 Å². The highest BCUT2D eigenvalue weighted by Crippen LogP contribution is 2.32. The van der Waals surface area contributed by atoms with Crippen LogP contribution in [-0.2, 0) is 11.2 Å². The second-order valence-corrected chi connectivity index (χ2v) is 3.60. The highest BCUT2D eigenvalue weighted by atomic mass is 16.5. The van der Waals surface area contributed by atoms with Gasteiger partial charge >= 0.3 is 5.97 Å². The third kappa shape index (κ3) is 1.63. The first-order chi connectivity index (χ1) is 7.11. The van der Waals surface area contributed by atoms with E-state index in [9.17, 15) is 9.90 Å². The predicted molar refractivity (Wildman–Crippen MR) is 53.2 cm³/mol. The number of carbonyl (C=O) groups excluding carboxylic acids is 1. The molecule has 1 aromatic rings. The standard InChI is InChI=1S/C11H12O4/c1-6-3-7-4-8(14-2)5-9(12)10(7)11(13)15-6/h4-6,12H,3H2,1-2H3/t6-/m1/s1. The number of ether oxygens (including phenoxy) is 2. The van der Waals surface area contributed by atoms with E-state index in [1.165, 1.54) is 13.2 Å². The summed E-state index contributed by atoms with van der Waals surface area (Å²) in [4.78, 5) is 11.5. The third-order valence-corrected chi connectivity index (χ3v) is 2.43. The summed E-state index contributed by atoms with van der Waals surface area (Å²) in [6.07, 6.45) is 0.447. The van der Waals surface area contributed by atoms with Crippen molar-refractivity contribution in [2.24, 2.45) is 0 Å². The van der Waals surface area contributed by atoms with Crippen LogP contribution >= 0.6 is 0 Å². The second-order valence-electron chi connectivity index (χ2n) is 3.60. The van der Waals surface area contributed by atoms with Gasteiger partial charge in [-0.15, -0.1) is 0 Å². The largest absolute Gasteiger partial charge is 0.507 e. The molecule has 0 aliphatic carbocycles. The number of aromatic hydroxyl groups is 1. The van der Waals surface area contributed by atoms with Crippen LogP contribution in [0.15, 0.2) is 12.1 Å². The molecule has 0 saturated carbocycles. The maximum absolute atomic E-state index is 11.5. The second kappa shape index (κ2) is 3.46. The van der Waals surface area contributed by atoms with Crippen molar-refractivity contribution >= 4 is 5.97 Å². The van der Waals surface area contributed by atoms with Crippen molar-refractivity contribution in [1.29, 1.82) is 0 Å². The Hall–Kier alpha value is -1.71. The zero-order valence-corrected chi connectivity index (χ0v) is 8.61. The van der Waals surface area contributed by atoms with Crippen LogP contribution in [0.3, 0.4) is 0 Å². The molecular formula is C11H12O4. The summed E-state index contributed by atoms with van der Waals surface area (Å²) in [5.74, 6) is -0.00157. The molecule has 0 radical (unpaired) electrons. The van der Waals surface area contributed by atoms with Gasteiger partial charge in [0, 0.05) is 12.5 Å². The van der Waals surface area contributed by atoms with Crippen molar-refractivity contribution in [3.05, 3.63) is 23.3 Å². The number of carbonyl (C=O) groups is 1. The Balaban J connectivity index is 2.54. The Morgan fingerprint density at radius 2 is 2.27 bits per heavy atom. The van der Waals surface area contributed by atoms with E-state index in [0.717, 1.165) is 5.56 Å². The minimum atomic E-state index is -0.469. The Morgan fingerprint density at radius 3 is 2.93 bits per heavy atom. The van der Waals surface area contributed by atoms with Gasteiger partial charge in [-0.2, -0.15) is 0 Å². The van der Waals surface area contributed by atoms with Gasteiger partial charge in [-0.05, 0) is 18.6 Å². The molecule has 0 bridgehead atoms. The molecule has 15 heavy (non-hydrogen) atoms. The average Bonchev–Trinajstić information content (AvgIpc) is 2.15. The maximum atomic E-state index is 11.5. The number of benzene rings is 1. The van der Waals surface area contributed by atoms with Gasteiger partial charge in [0.2, 0.25) is 0 Å². The SMILES string of the molecule is COc1cc(O)c2c(c1)C[C@@H](C)OC2=O. The molecular weight excluding hydrogens is 196 g/mol. The molecule has 80 valence electrons. The van der Waals surface area contributed by atoms with E-state index >= 15 is 0 Å². The Kier molecular flexibility index (Phi) is 2.26. The fourth-order valence-corrected chi connectivity index (χ4v) is 1.76. The molecule has 1 aliphatic heterocycles. The van der Waals surface area contributed by atoms with Crippen LogP contribution in [0.4, 0.5) is 0 Å². The molecule has 0 spiro atoms. The molecule has 0 saturated heterocycles. The summed E-state index contributed by atoms with van der Waals surface area (Å²) < 4.78 is 10.0. The van der Waals surface area contributed by atoms with Crippen LogP contribution in [0.25, 0.3) is 0 Å². The van der Waals surface area contributed by atoms with Crippen LogP contribution in [0, 0.1) is 0 Å². The van der Waals surface area contributed by atoms with E-state index in [1.807, 2.05) is 6.92 Å². The van der Waals surface area contributed by atoms with E-state index in [2.05, 4.69) is 0 Å². The number of hydrogen-bond acceptors (Lipinski definition) is 4. The lowest BCUT2D eigenvalue weighted by molar-refractivity contribution is 0.0297. The highest BCUT2D eigenvalue weighted by molar-refractivity contribution is 5.95. The quantitative estimate of drug-likeness (QED) is 0.710. The van der Waals surface area contributed by atoms with E-state index in [1.54, 1.807) is 6.07 Å². The molecule has 1 aromatic carbocycles. The van der Waals surface area contributed by atoms with Gasteiger partial charge in [0.1, 0.15) is 23.2 Å². The fourth-order valence-electron chi connectivity index (χ4n) is 1.76. The van der Waals surface area contributed by atoms with Crippen LogP contribution in [0.2, 0.25) is 0 Å². The highest BCUT2D eigenvalue weighted by Gasteiger charge is 2.27. The third-order valence-electron chi connectivity index (χ3n) is 2.43. The molecule has 0 aromatic heterocycles. The first-order valence-electron chi connectivity index (χ1n) is 4.72. The molecule has 1 N–H and O–H groups in total. The normalized spacial score (nSPS) is 19.3. The number of fused-ring (bicyclic) bond motifs is 1. The lowest BCUT2D eigenvalue weighted by Crippen LogP contribution is -2.25. The number of rotatable bonds is 1. The number of cyclic esters (lactones) is 1. The maximum Gasteiger partial charge on any atom is 0.342 e. The molecule has 4 heteroatoms. The summed E-state index contributed by atoms with van der Waals surface area (Å²) in [5, 5.41) is 9.64. The smallest absolute Gasteiger partial charge is 0.342 e. The molecule has 0 amide bonds. The average molecular weight is 208 g/mol.